The molecule has 1 aliphatic rings. The van der Waals surface area contributed by atoms with Crippen LogP contribution in [0.4, 0.5) is 5.95 Å². The number of hydrogen-bond donors (Lipinski definition) is 0. The van der Waals surface area contributed by atoms with Crippen LogP contribution in [0.2, 0.25) is 0 Å². The molecule has 4 rings (SSSR count). The number of rotatable bonds is 7. The average molecular weight is 425 g/mol. The summed E-state index contributed by atoms with van der Waals surface area (Å²) in [7, 11) is 1.64. The number of ether oxygens (including phenoxy) is 2. The number of para-hydroxylation sites is 1. The molecule has 1 aliphatic heterocycles. The Hall–Kier alpha value is -2.84. The first-order valence-electron chi connectivity index (χ1n) is 9.80. The number of carbonyl (C=O) groups is 1. The van der Waals surface area contributed by atoms with E-state index >= 15 is 0 Å². The van der Waals surface area contributed by atoms with Crippen LogP contribution in [-0.2, 0) is 10.5 Å². The number of aldehydes is 1. The third-order valence-corrected chi connectivity index (χ3v) is 6.04. The fraction of sp³-hybridized carbons (Fsp3) is 0.318. The molecule has 1 fully saturated rings. The number of morpholine rings is 1. The lowest BCUT2D eigenvalue weighted by Crippen LogP contribution is -2.38. The molecule has 0 radical (unpaired) electrons. The zero-order chi connectivity index (χ0) is 20.9. The van der Waals surface area contributed by atoms with Crippen molar-refractivity contribution in [2.24, 2.45) is 0 Å². The van der Waals surface area contributed by atoms with Gasteiger partial charge in [0.2, 0.25) is 5.95 Å². The van der Waals surface area contributed by atoms with Gasteiger partial charge in [-0.1, -0.05) is 30.0 Å². The molecule has 0 bridgehead atoms. The van der Waals surface area contributed by atoms with Gasteiger partial charge in [0, 0.05) is 30.0 Å². The Morgan fingerprint density at radius 3 is 2.70 bits per heavy atom. The van der Waals surface area contributed by atoms with E-state index in [4.69, 9.17) is 9.47 Å². The summed E-state index contributed by atoms with van der Waals surface area (Å²) in [4.78, 5) is 13.4. The number of anilines is 1. The number of thioether (sulfide) groups is 1. The second-order valence-electron chi connectivity index (χ2n) is 6.98. The van der Waals surface area contributed by atoms with Crippen LogP contribution >= 0.6 is 11.8 Å². The maximum Gasteiger partial charge on any atom is 0.232 e. The minimum Gasteiger partial charge on any atom is -0.496 e. The Morgan fingerprint density at radius 2 is 1.97 bits per heavy atom. The molecule has 0 N–H and O–H groups in total. The highest BCUT2D eigenvalue weighted by Gasteiger charge is 2.23. The Balaban J connectivity index is 1.69. The fourth-order valence-corrected chi connectivity index (χ4v) is 4.39. The molecule has 7 nitrogen and oxygen atoms in total. The average Bonchev–Trinajstić information content (AvgIpc) is 3.22. The first kappa shape index (κ1) is 20.4. The summed E-state index contributed by atoms with van der Waals surface area (Å²) in [5.74, 6) is 2.19. The van der Waals surface area contributed by atoms with E-state index in [9.17, 15) is 4.79 Å². The third-order valence-electron chi connectivity index (χ3n) is 5.06. The van der Waals surface area contributed by atoms with Gasteiger partial charge in [-0.15, -0.1) is 10.2 Å². The predicted octanol–water partition coefficient (Wildman–Crippen LogP) is 3.53. The van der Waals surface area contributed by atoms with E-state index in [1.54, 1.807) is 24.9 Å². The van der Waals surface area contributed by atoms with Gasteiger partial charge < -0.3 is 14.4 Å². The smallest absolute Gasteiger partial charge is 0.232 e. The normalized spacial score (nSPS) is 14.0. The van der Waals surface area contributed by atoms with Crippen LogP contribution in [0.1, 0.15) is 21.5 Å². The summed E-state index contributed by atoms with van der Waals surface area (Å²) >= 11 is 1.57. The number of aryl methyl sites for hydroxylation is 1. The van der Waals surface area contributed by atoms with Crippen molar-refractivity contribution in [3.05, 3.63) is 59.2 Å². The second-order valence-corrected chi connectivity index (χ2v) is 7.92. The first-order valence-corrected chi connectivity index (χ1v) is 10.8. The number of carbonyl (C=O) groups excluding carboxylic acids is 1. The SMILES string of the molecule is COc1ccc(C=O)cc1CSc1nnc(N2CCOCC2)n1-c1ccccc1C. The maximum absolute atomic E-state index is 11.2. The minimum absolute atomic E-state index is 0.609. The first-order chi connectivity index (χ1) is 14.7. The highest BCUT2D eigenvalue weighted by Crippen LogP contribution is 2.32. The van der Waals surface area contributed by atoms with Gasteiger partial charge in [-0.05, 0) is 36.8 Å². The number of benzene rings is 2. The molecule has 0 amide bonds. The molecule has 2 aromatic carbocycles. The lowest BCUT2D eigenvalue weighted by molar-refractivity contribution is 0.112. The monoisotopic (exact) mass is 424 g/mol. The van der Waals surface area contributed by atoms with Crippen molar-refractivity contribution < 1.29 is 14.3 Å². The van der Waals surface area contributed by atoms with Crippen LogP contribution in [0.5, 0.6) is 5.75 Å². The molecular weight excluding hydrogens is 400 g/mol. The van der Waals surface area contributed by atoms with Crippen molar-refractivity contribution >= 4 is 24.0 Å². The highest BCUT2D eigenvalue weighted by atomic mass is 32.2. The van der Waals surface area contributed by atoms with Gasteiger partial charge in [0.25, 0.3) is 0 Å². The Bertz CT molecular complexity index is 1030. The predicted molar refractivity (Wildman–Crippen MR) is 117 cm³/mol. The summed E-state index contributed by atoms with van der Waals surface area (Å²) in [6.07, 6.45) is 0.847. The molecule has 0 aliphatic carbocycles. The Kier molecular flexibility index (Phi) is 6.35. The van der Waals surface area contributed by atoms with E-state index in [0.717, 1.165) is 53.0 Å². The summed E-state index contributed by atoms with van der Waals surface area (Å²) in [5, 5.41) is 9.82. The summed E-state index contributed by atoms with van der Waals surface area (Å²) < 4.78 is 13.1. The second kappa shape index (κ2) is 9.32. The van der Waals surface area contributed by atoms with Gasteiger partial charge in [0.05, 0.1) is 26.0 Å². The molecule has 156 valence electrons. The Morgan fingerprint density at radius 1 is 1.17 bits per heavy atom. The largest absolute Gasteiger partial charge is 0.496 e. The molecule has 3 aromatic rings. The van der Waals surface area contributed by atoms with Crippen LogP contribution in [0.3, 0.4) is 0 Å². The number of aromatic nitrogens is 3. The maximum atomic E-state index is 11.2. The van der Waals surface area contributed by atoms with E-state index in [-0.39, 0.29) is 0 Å². The van der Waals surface area contributed by atoms with Crippen LogP contribution in [0, 0.1) is 6.92 Å². The highest BCUT2D eigenvalue weighted by molar-refractivity contribution is 7.98. The quantitative estimate of drug-likeness (QED) is 0.424. The van der Waals surface area contributed by atoms with Crippen LogP contribution < -0.4 is 9.64 Å². The zero-order valence-electron chi connectivity index (χ0n) is 17.1. The van der Waals surface area contributed by atoms with Crippen molar-refractivity contribution in [3.63, 3.8) is 0 Å². The molecular formula is C22H24N4O3S. The van der Waals surface area contributed by atoms with Gasteiger partial charge in [0.1, 0.15) is 12.0 Å². The standard InChI is InChI=1S/C22H24N4O3S/c1-16-5-3-4-6-19(16)26-21(25-9-11-29-12-10-25)23-24-22(26)30-15-18-13-17(14-27)7-8-20(18)28-2/h3-8,13-14H,9-12,15H2,1-2H3. The molecule has 1 saturated heterocycles. The van der Waals surface area contributed by atoms with E-state index in [0.29, 0.717) is 24.5 Å². The van der Waals surface area contributed by atoms with Gasteiger partial charge in [-0.2, -0.15) is 0 Å². The van der Waals surface area contributed by atoms with E-state index in [1.807, 2.05) is 24.3 Å². The van der Waals surface area contributed by atoms with E-state index in [1.165, 1.54) is 0 Å². The molecule has 0 atom stereocenters. The fourth-order valence-electron chi connectivity index (χ4n) is 3.48. The molecule has 30 heavy (non-hydrogen) atoms. The number of hydrogen-bond acceptors (Lipinski definition) is 7. The van der Waals surface area contributed by atoms with Crippen LogP contribution in [-0.4, -0.2) is 54.5 Å². The van der Waals surface area contributed by atoms with Crippen molar-refractivity contribution in [3.8, 4) is 11.4 Å². The molecule has 0 saturated carbocycles. The minimum atomic E-state index is 0.609. The van der Waals surface area contributed by atoms with Crippen molar-refractivity contribution in [1.29, 1.82) is 0 Å². The van der Waals surface area contributed by atoms with E-state index < -0.39 is 0 Å². The lowest BCUT2D eigenvalue weighted by atomic mass is 10.1. The molecule has 0 spiro atoms. The van der Waals surface area contributed by atoms with Crippen molar-refractivity contribution in [1.82, 2.24) is 14.8 Å². The van der Waals surface area contributed by atoms with Crippen LogP contribution in [0.25, 0.3) is 5.69 Å². The van der Waals surface area contributed by atoms with Gasteiger partial charge in [-0.3, -0.25) is 9.36 Å². The van der Waals surface area contributed by atoms with E-state index in [2.05, 4.69) is 38.7 Å². The molecule has 0 unspecified atom stereocenters. The molecule has 2 heterocycles. The third kappa shape index (κ3) is 4.20. The summed E-state index contributed by atoms with van der Waals surface area (Å²) in [6, 6.07) is 13.7. The van der Waals surface area contributed by atoms with Crippen LogP contribution in [0.15, 0.2) is 47.6 Å². The van der Waals surface area contributed by atoms with Gasteiger partial charge in [0.15, 0.2) is 5.16 Å². The topological polar surface area (TPSA) is 69.5 Å². The Labute approximate surface area is 180 Å². The summed E-state index contributed by atoms with van der Waals surface area (Å²) in [6.45, 7) is 5.01. The van der Waals surface area contributed by atoms with Crippen molar-refractivity contribution in [2.45, 2.75) is 17.8 Å². The van der Waals surface area contributed by atoms with Gasteiger partial charge in [-0.25, -0.2) is 0 Å². The van der Waals surface area contributed by atoms with Gasteiger partial charge >= 0.3 is 0 Å². The number of methoxy groups -OCH3 is 1. The molecule has 8 heteroatoms. The van der Waals surface area contributed by atoms with Crippen molar-refractivity contribution in [2.75, 3.05) is 38.3 Å². The lowest BCUT2D eigenvalue weighted by Gasteiger charge is -2.28. The summed E-state index contributed by atoms with van der Waals surface area (Å²) in [5.41, 5.74) is 3.77. The number of nitrogens with zero attached hydrogens (tertiary/aromatic N) is 4. The zero-order valence-corrected chi connectivity index (χ0v) is 17.9. The molecule has 1 aromatic heterocycles.